The fraction of sp³-hybridized carbons (Fsp3) is 0.667. The maximum Gasteiger partial charge on any atom is 0.305 e. The molecule has 0 aromatic rings. The molecule has 2 heterocycles. The number of nitrogens with zero attached hydrogens (tertiary/aromatic N) is 1. The number of carboxylic acids is 1. The van der Waals surface area contributed by atoms with E-state index in [9.17, 15) is 14.4 Å². The Kier molecular flexibility index (Phi) is 2.34. The molecule has 2 aliphatic heterocycles. The van der Waals surface area contributed by atoms with Gasteiger partial charge in [0, 0.05) is 6.54 Å². The third-order valence-electron chi connectivity index (χ3n) is 2.83. The summed E-state index contributed by atoms with van der Waals surface area (Å²) in [6, 6.07) is -1.26. The first-order chi connectivity index (χ1) is 7.09. The molecule has 0 spiro atoms. The highest BCUT2D eigenvalue weighted by molar-refractivity contribution is 5.98. The van der Waals surface area contributed by atoms with E-state index in [0.29, 0.717) is 13.0 Å². The van der Waals surface area contributed by atoms with Crippen LogP contribution in [0.4, 0.5) is 0 Å². The number of amides is 2. The van der Waals surface area contributed by atoms with Crippen LogP contribution in [-0.4, -0.2) is 46.4 Å². The van der Waals surface area contributed by atoms with Crippen LogP contribution in [0, 0.1) is 0 Å². The third kappa shape index (κ3) is 1.67. The van der Waals surface area contributed by atoms with Crippen LogP contribution < -0.4 is 5.32 Å². The molecule has 2 rings (SSSR count). The number of piperazine rings is 1. The normalized spacial score (nSPS) is 30.0. The number of carbonyl (C=O) groups is 3. The lowest BCUT2D eigenvalue weighted by Crippen LogP contribution is -2.61. The first-order valence-electron chi connectivity index (χ1n) is 4.92. The van der Waals surface area contributed by atoms with E-state index >= 15 is 0 Å². The molecule has 0 aliphatic carbocycles. The maximum atomic E-state index is 11.7. The predicted molar refractivity (Wildman–Crippen MR) is 48.9 cm³/mol. The highest BCUT2D eigenvalue weighted by atomic mass is 16.4. The Morgan fingerprint density at radius 1 is 1.53 bits per heavy atom. The monoisotopic (exact) mass is 212 g/mol. The first kappa shape index (κ1) is 9.95. The van der Waals surface area contributed by atoms with E-state index in [4.69, 9.17) is 5.11 Å². The van der Waals surface area contributed by atoms with Gasteiger partial charge in [-0.2, -0.15) is 0 Å². The summed E-state index contributed by atoms with van der Waals surface area (Å²) in [5, 5.41) is 11.0. The molecule has 15 heavy (non-hydrogen) atoms. The lowest BCUT2D eigenvalue weighted by molar-refractivity contribution is -0.150. The smallest absolute Gasteiger partial charge is 0.305 e. The Morgan fingerprint density at radius 2 is 2.27 bits per heavy atom. The molecule has 2 amide bonds. The van der Waals surface area contributed by atoms with Crippen LogP contribution in [0.25, 0.3) is 0 Å². The van der Waals surface area contributed by atoms with Gasteiger partial charge < -0.3 is 15.3 Å². The number of hydrogen-bond acceptors (Lipinski definition) is 3. The van der Waals surface area contributed by atoms with Crippen LogP contribution in [0.1, 0.15) is 19.3 Å². The van der Waals surface area contributed by atoms with Crippen molar-refractivity contribution in [3.8, 4) is 0 Å². The average molecular weight is 212 g/mol. The molecule has 0 aromatic heterocycles. The molecular formula is C9H12N2O4. The molecular weight excluding hydrogens is 200 g/mol. The van der Waals surface area contributed by atoms with Gasteiger partial charge in [-0.1, -0.05) is 0 Å². The van der Waals surface area contributed by atoms with Gasteiger partial charge in [0.1, 0.15) is 12.1 Å². The van der Waals surface area contributed by atoms with E-state index in [1.165, 1.54) is 4.90 Å². The molecule has 0 aromatic carbocycles. The maximum absolute atomic E-state index is 11.7. The number of hydrogen-bond donors (Lipinski definition) is 2. The zero-order valence-electron chi connectivity index (χ0n) is 8.10. The fourth-order valence-electron chi connectivity index (χ4n) is 2.15. The zero-order valence-corrected chi connectivity index (χ0v) is 8.10. The molecule has 0 saturated carbocycles. The van der Waals surface area contributed by atoms with E-state index in [2.05, 4.69) is 5.32 Å². The van der Waals surface area contributed by atoms with Crippen molar-refractivity contribution in [3.63, 3.8) is 0 Å². The Balaban J connectivity index is 2.13. The van der Waals surface area contributed by atoms with Gasteiger partial charge in [0.2, 0.25) is 11.8 Å². The van der Waals surface area contributed by atoms with E-state index in [1.807, 2.05) is 0 Å². The second kappa shape index (κ2) is 3.52. The van der Waals surface area contributed by atoms with Crippen molar-refractivity contribution in [3.05, 3.63) is 0 Å². The number of carbonyl (C=O) groups excluding carboxylic acids is 2. The van der Waals surface area contributed by atoms with Crippen LogP contribution in [0.15, 0.2) is 0 Å². The summed E-state index contributed by atoms with van der Waals surface area (Å²) >= 11 is 0. The van der Waals surface area contributed by atoms with Crippen LogP contribution in [0.2, 0.25) is 0 Å². The summed E-state index contributed by atoms with van der Waals surface area (Å²) < 4.78 is 0. The second-order valence-corrected chi connectivity index (χ2v) is 3.85. The van der Waals surface area contributed by atoms with E-state index in [0.717, 1.165) is 6.42 Å². The summed E-state index contributed by atoms with van der Waals surface area (Å²) in [7, 11) is 0. The summed E-state index contributed by atoms with van der Waals surface area (Å²) in [5.41, 5.74) is 0. The summed E-state index contributed by atoms with van der Waals surface area (Å²) in [6.45, 7) is 0.563. The molecule has 2 N–H and O–H groups in total. The number of aliphatic carboxylic acids is 1. The molecule has 0 bridgehead atoms. The lowest BCUT2D eigenvalue weighted by atomic mass is 10.1. The Morgan fingerprint density at radius 3 is 2.93 bits per heavy atom. The average Bonchev–Trinajstić information content (AvgIpc) is 2.61. The molecule has 2 saturated heterocycles. The van der Waals surface area contributed by atoms with Crippen LogP contribution in [0.5, 0.6) is 0 Å². The summed E-state index contributed by atoms with van der Waals surface area (Å²) in [5.74, 6) is -1.57. The van der Waals surface area contributed by atoms with Crippen molar-refractivity contribution < 1.29 is 19.5 Å². The van der Waals surface area contributed by atoms with Crippen LogP contribution in [0.3, 0.4) is 0 Å². The van der Waals surface area contributed by atoms with Crippen LogP contribution in [-0.2, 0) is 14.4 Å². The zero-order chi connectivity index (χ0) is 11.0. The molecule has 1 unspecified atom stereocenters. The molecule has 82 valence electrons. The Labute approximate surface area is 86.2 Å². The van der Waals surface area contributed by atoms with Crippen molar-refractivity contribution in [1.29, 1.82) is 0 Å². The van der Waals surface area contributed by atoms with Gasteiger partial charge in [-0.15, -0.1) is 0 Å². The second-order valence-electron chi connectivity index (χ2n) is 3.85. The van der Waals surface area contributed by atoms with Gasteiger partial charge in [-0.05, 0) is 12.8 Å². The predicted octanol–water partition coefficient (Wildman–Crippen LogP) is -1.05. The number of carboxylic acid groups (broad SMARTS) is 1. The van der Waals surface area contributed by atoms with Crippen molar-refractivity contribution in [2.24, 2.45) is 0 Å². The SMILES string of the molecule is O=C(O)C[C@@H]1NC(=O)C2CCCN2C1=O. The molecule has 6 heteroatoms. The summed E-state index contributed by atoms with van der Waals surface area (Å²) in [6.07, 6.45) is 1.15. The molecule has 6 nitrogen and oxygen atoms in total. The van der Waals surface area contributed by atoms with Gasteiger partial charge in [0.15, 0.2) is 0 Å². The summed E-state index contributed by atoms with van der Waals surface area (Å²) in [4.78, 5) is 35.2. The fourth-order valence-corrected chi connectivity index (χ4v) is 2.15. The van der Waals surface area contributed by atoms with Crippen molar-refractivity contribution >= 4 is 17.8 Å². The van der Waals surface area contributed by atoms with Crippen LogP contribution >= 0.6 is 0 Å². The number of nitrogens with one attached hydrogen (secondary N) is 1. The largest absolute Gasteiger partial charge is 0.481 e. The number of fused-ring (bicyclic) bond motifs is 1. The topological polar surface area (TPSA) is 86.7 Å². The standard InChI is InChI=1S/C9H12N2O4/c12-7(13)4-5-9(15)11-3-1-2-6(11)8(14)10-5/h5-6H,1-4H2,(H,10,14)(H,12,13)/t5-,6?/m0/s1. The molecule has 2 aliphatic rings. The van der Waals surface area contributed by atoms with Gasteiger partial charge in [0.25, 0.3) is 0 Å². The molecule has 2 atom stereocenters. The van der Waals surface area contributed by atoms with Crippen molar-refractivity contribution in [2.75, 3.05) is 6.54 Å². The Hall–Kier alpha value is -1.59. The van der Waals surface area contributed by atoms with Crippen molar-refractivity contribution in [1.82, 2.24) is 10.2 Å². The van der Waals surface area contributed by atoms with E-state index in [1.54, 1.807) is 0 Å². The van der Waals surface area contributed by atoms with Gasteiger partial charge in [-0.25, -0.2) is 0 Å². The minimum absolute atomic E-state index is 0.224. The highest BCUT2D eigenvalue weighted by Gasteiger charge is 2.43. The van der Waals surface area contributed by atoms with Gasteiger partial charge in [-0.3, -0.25) is 14.4 Å². The molecule has 2 fully saturated rings. The number of rotatable bonds is 2. The molecule has 0 radical (unpaired) electrons. The van der Waals surface area contributed by atoms with Gasteiger partial charge in [0.05, 0.1) is 6.42 Å². The Bertz CT molecular complexity index is 328. The van der Waals surface area contributed by atoms with E-state index < -0.39 is 12.0 Å². The minimum Gasteiger partial charge on any atom is -0.481 e. The van der Waals surface area contributed by atoms with Gasteiger partial charge >= 0.3 is 5.97 Å². The lowest BCUT2D eigenvalue weighted by Gasteiger charge is -2.33. The third-order valence-corrected chi connectivity index (χ3v) is 2.83. The van der Waals surface area contributed by atoms with Crippen molar-refractivity contribution in [2.45, 2.75) is 31.3 Å². The highest BCUT2D eigenvalue weighted by Crippen LogP contribution is 2.22. The minimum atomic E-state index is -1.08. The quantitative estimate of drug-likeness (QED) is 0.611. The van der Waals surface area contributed by atoms with E-state index in [-0.39, 0.29) is 24.3 Å². The first-order valence-corrected chi connectivity index (χ1v) is 4.92.